The fourth-order valence-electron chi connectivity index (χ4n) is 1.98. The van der Waals surface area contributed by atoms with Gasteiger partial charge in [0.1, 0.15) is 10.7 Å². The van der Waals surface area contributed by atoms with Crippen LogP contribution in [0.4, 0.5) is 24.8 Å². The second-order valence-corrected chi connectivity index (χ2v) is 5.30. The first kappa shape index (κ1) is 15.0. The minimum absolute atomic E-state index is 0.00705. The molecular weight excluding hydrogens is 321 g/mol. The zero-order valence-electron chi connectivity index (χ0n) is 11.4. The number of aryl methyl sites for hydroxylation is 1. The van der Waals surface area contributed by atoms with Crippen molar-refractivity contribution in [2.75, 3.05) is 18.4 Å². The Labute approximate surface area is 128 Å². The highest BCUT2D eigenvalue weighted by Gasteiger charge is 2.34. The third-order valence-electron chi connectivity index (χ3n) is 3.34. The lowest BCUT2D eigenvalue weighted by molar-refractivity contribution is -0.137. The lowest BCUT2D eigenvalue weighted by Crippen LogP contribution is -2.43. The Morgan fingerprint density at radius 2 is 2.14 bits per heavy atom. The number of alkyl halides is 3. The van der Waals surface area contributed by atoms with Crippen molar-refractivity contribution >= 4 is 23.2 Å². The minimum atomic E-state index is -4.58. The Kier molecular flexibility index (Phi) is 3.69. The van der Waals surface area contributed by atoms with Crippen molar-refractivity contribution in [3.8, 4) is 0 Å². The second kappa shape index (κ2) is 5.40. The molecule has 22 heavy (non-hydrogen) atoms. The van der Waals surface area contributed by atoms with Crippen molar-refractivity contribution in [3.63, 3.8) is 0 Å². The SMILES string of the molecule is Cc1nn(C2CNC2)cc1Nc1ncc(C(F)(F)F)c(Cl)n1. The van der Waals surface area contributed by atoms with E-state index in [0.29, 0.717) is 17.6 Å². The number of nitrogens with zero attached hydrogens (tertiary/aromatic N) is 4. The fourth-order valence-corrected chi connectivity index (χ4v) is 2.22. The summed E-state index contributed by atoms with van der Waals surface area (Å²) in [5, 5.41) is 9.69. The van der Waals surface area contributed by atoms with E-state index in [1.165, 1.54) is 0 Å². The van der Waals surface area contributed by atoms with Crippen LogP contribution in [0.5, 0.6) is 0 Å². The van der Waals surface area contributed by atoms with E-state index in [2.05, 4.69) is 25.7 Å². The third-order valence-corrected chi connectivity index (χ3v) is 3.63. The predicted molar refractivity (Wildman–Crippen MR) is 74.2 cm³/mol. The summed E-state index contributed by atoms with van der Waals surface area (Å²) in [6.45, 7) is 3.46. The van der Waals surface area contributed by atoms with Crippen LogP contribution in [-0.4, -0.2) is 32.8 Å². The van der Waals surface area contributed by atoms with E-state index in [0.717, 1.165) is 13.1 Å². The van der Waals surface area contributed by atoms with Gasteiger partial charge in [-0.25, -0.2) is 9.97 Å². The van der Waals surface area contributed by atoms with Crippen molar-refractivity contribution in [1.29, 1.82) is 0 Å². The molecule has 1 fully saturated rings. The molecular formula is C12H12ClF3N6. The summed E-state index contributed by atoms with van der Waals surface area (Å²) in [4.78, 5) is 7.29. The van der Waals surface area contributed by atoms with Gasteiger partial charge in [-0.05, 0) is 6.92 Å². The van der Waals surface area contributed by atoms with E-state index in [9.17, 15) is 13.2 Å². The molecule has 0 atom stereocenters. The number of nitrogens with one attached hydrogen (secondary N) is 2. The van der Waals surface area contributed by atoms with E-state index in [1.807, 2.05) is 0 Å². The minimum Gasteiger partial charge on any atom is -0.321 e. The molecule has 0 radical (unpaired) electrons. The van der Waals surface area contributed by atoms with Crippen molar-refractivity contribution in [3.05, 3.63) is 28.8 Å². The molecule has 2 aromatic rings. The van der Waals surface area contributed by atoms with Gasteiger partial charge in [-0.15, -0.1) is 0 Å². The molecule has 1 aliphatic rings. The van der Waals surface area contributed by atoms with Crippen LogP contribution in [0.1, 0.15) is 17.3 Å². The van der Waals surface area contributed by atoms with Crippen LogP contribution in [0.15, 0.2) is 12.4 Å². The monoisotopic (exact) mass is 332 g/mol. The standard InChI is InChI=1S/C12H12ClF3N6/c1-6-9(5-22(21-6)7-2-17-3-7)19-11-18-4-8(10(13)20-11)12(14,15)16/h4-5,7,17H,2-3H2,1H3,(H,18,19,20). The summed E-state index contributed by atoms with van der Waals surface area (Å²) in [6, 6.07) is 0.284. The number of hydrogen-bond acceptors (Lipinski definition) is 5. The van der Waals surface area contributed by atoms with Gasteiger partial charge in [0.25, 0.3) is 0 Å². The Morgan fingerprint density at radius 1 is 1.41 bits per heavy atom. The van der Waals surface area contributed by atoms with Crippen molar-refractivity contribution in [2.24, 2.45) is 0 Å². The number of hydrogen-bond donors (Lipinski definition) is 2. The van der Waals surface area contributed by atoms with Gasteiger partial charge >= 0.3 is 6.18 Å². The molecule has 10 heteroatoms. The molecule has 2 N–H and O–H groups in total. The first-order valence-electron chi connectivity index (χ1n) is 6.48. The second-order valence-electron chi connectivity index (χ2n) is 4.94. The average Bonchev–Trinajstić information content (AvgIpc) is 2.66. The summed E-state index contributed by atoms with van der Waals surface area (Å²) in [5.41, 5.74) is 0.266. The van der Waals surface area contributed by atoms with Gasteiger partial charge in [-0.1, -0.05) is 11.6 Å². The number of anilines is 2. The number of rotatable bonds is 3. The Hall–Kier alpha value is -1.87. The van der Waals surface area contributed by atoms with Crippen LogP contribution >= 0.6 is 11.6 Å². The molecule has 0 saturated carbocycles. The maximum Gasteiger partial charge on any atom is 0.420 e. The molecule has 0 amide bonds. The van der Waals surface area contributed by atoms with Crippen molar-refractivity contribution in [2.45, 2.75) is 19.1 Å². The zero-order valence-corrected chi connectivity index (χ0v) is 12.2. The largest absolute Gasteiger partial charge is 0.420 e. The summed E-state index contributed by atoms with van der Waals surface area (Å²) in [7, 11) is 0. The molecule has 2 aromatic heterocycles. The van der Waals surface area contributed by atoms with E-state index in [4.69, 9.17) is 11.6 Å². The van der Waals surface area contributed by atoms with Gasteiger partial charge in [-0.2, -0.15) is 18.3 Å². The summed E-state index contributed by atoms with van der Waals surface area (Å²) in [5.74, 6) is -0.00705. The summed E-state index contributed by atoms with van der Waals surface area (Å²) < 4.78 is 39.6. The quantitative estimate of drug-likeness (QED) is 0.845. The van der Waals surface area contributed by atoms with Crippen LogP contribution in [0.2, 0.25) is 5.15 Å². The first-order chi connectivity index (χ1) is 10.3. The van der Waals surface area contributed by atoms with Gasteiger partial charge in [0.15, 0.2) is 0 Å². The molecule has 3 heterocycles. The smallest absolute Gasteiger partial charge is 0.321 e. The molecule has 1 saturated heterocycles. The van der Waals surface area contributed by atoms with E-state index >= 15 is 0 Å². The molecule has 0 aliphatic carbocycles. The molecule has 0 aromatic carbocycles. The third kappa shape index (κ3) is 2.86. The van der Waals surface area contributed by atoms with Crippen molar-refractivity contribution in [1.82, 2.24) is 25.1 Å². The molecule has 0 spiro atoms. The van der Waals surface area contributed by atoms with Crippen LogP contribution in [0.3, 0.4) is 0 Å². The molecule has 0 bridgehead atoms. The summed E-state index contributed by atoms with van der Waals surface area (Å²) >= 11 is 5.57. The van der Waals surface area contributed by atoms with Crippen LogP contribution in [0, 0.1) is 6.92 Å². The van der Waals surface area contributed by atoms with E-state index < -0.39 is 16.9 Å². The van der Waals surface area contributed by atoms with E-state index in [-0.39, 0.29) is 12.0 Å². The normalized spacial score (nSPS) is 15.7. The van der Waals surface area contributed by atoms with Crippen molar-refractivity contribution < 1.29 is 13.2 Å². The lowest BCUT2D eigenvalue weighted by atomic mass is 10.2. The molecule has 6 nitrogen and oxygen atoms in total. The highest BCUT2D eigenvalue weighted by molar-refractivity contribution is 6.30. The summed E-state index contributed by atoms with van der Waals surface area (Å²) in [6.07, 6.45) is -2.14. The molecule has 1 aliphatic heterocycles. The maximum absolute atomic E-state index is 12.6. The van der Waals surface area contributed by atoms with Gasteiger partial charge in [0.2, 0.25) is 5.95 Å². The van der Waals surface area contributed by atoms with Crippen LogP contribution in [-0.2, 0) is 6.18 Å². The van der Waals surface area contributed by atoms with E-state index in [1.54, 1.807) is 17.8 Å². The fraction of sp³-hybridized carbons (Fsp3) is 0.417. The first-order valence-corrected chi connectivity index (χ1v) is 6.85. The van der Waals surface area contributed by atoms with Crippen LogP contribution < -0.4 is 10.6 Å². The molecule has 3 rings (SSSR count). The zero-order chi connectivity index (χ0) is 15.9. The Balaban J connectivity index is 1.81. The highest BCUT2D eigenvalue weighted by atomic mass is 35.5. The van der Waals surface area contributed by atoms with Gasteiger partial charge in [-0.3, -0.25) is 4.68 Å². The Bertz CT molecular complexity index is 695. The molecule has 0 unspecified atom stereocenters. The van der Waals surface area contributed by atoms with Gasteiger partial charge in [0.05, 0.1) is 17.4 Å². The average molecular weight is 333 g/mol. The number of halogens is 4. The topological polar surface area (TPSA) is 67.7 Å². The number of aromatic nitrogens is 4. The Morgan fingerprint density at radius 3 is 2.68 bits per heavy atom. The van der Waals surface area contributed by atoms with Gasteiger partial charge in [0, 0.05) is 25.5 Å². The lowest BCUT2D eigenvalue weighted by Gasteiger charge is -2.27. The van der Waals surface area contributed by atoms with Crippen LogP contribution in [0.25, 0.3) is 0 Å². The highest BCUT2D eigenvalue weighted by Crippen LogP contribution is 2.33. The molecule has 118 valence electrons. The predicted octanol–water partition coefficient (Wildman–Crippen LogP) is 2.54. The maximum atomic E-state index is 12.6. The van der Waals surface area contributed by atoms with Gasteiger partial charge < -0.3 is 10.6 Å².